The molecule has 0 fully saturated rings. The van der Waals surface area contributed by atoms with Gasteiger partial charge in [-0.05, 0) is 56.7 Å². The fourth-order valence-corrected chi connectivity index (χ4v) is 4.74. The lowest BCUT2D eigenvalue weighted by Gasteiger charge is -2.09. The van der Waals surface area contributed by atoms with Crippen LogP contribution in [0.25, 0.3) is 23.9 Å². The minimum Gasteiger partial charge on any atom is -0.381 e. The highest BCUT2D eigenvalue weighted by Gasteiger charge is 2.22. The van der Waals surface area contributed by atoms with Crippen molar-refractivity contribution < 1.29 is 4.79 Å². The van der Waals surface area contributed by atoms with E-state index >= 15 is 0 Å². The van der Waals surface area contributed by atoms with Crippen LogP contribution in [-0.2, 0) is 0 Å². The van der Waals surface area contributed by atoms with Crippen LogP contribution in [0.3, 0.4) is 0 Å². The number of thiophene rings is 1. The lowest BCUT2D eigenvalue weighted by molar-refractivity contribution is 0.0949. The Balaban J connectivity index is 2.01. The van der Waals surface area contributed by atoms with Gasteiger partial charge in [-0.25, -0.2) is 4.98 Å². The van der Waals surface area contributed by atoms with Crippen LogP contribution in [0.4, 0.5) is 5.69 Å². The molecule has 0 radical (unpaired) electrons. The Morgan fingerprint density at radius 1 is 1.33 bits per heavy atom. The van der Waals surface area contributed by atoms with Crippen molar-refractivity contribution in [3.05, 3.63) is 66.7 Å². The van der Waals surface area contributed by atoms with Gasteiger partial charge in [0.1, 0.15) is 4.88 Å². The largest absolute Gasteiger partial charge is 0.381 e. The van der Waals surface area contributed by atoms with Crippen molar-refractivity contribution in [1.82, 2.24) is 10.3 Å². The number of rotatable bonds is 1. The number of nitrogens with zero attached hydrogens (tertiary/aromatic N) is 2. The van der Waals surface area contributed by atoms with Crippen molar-refractivity contribution in [1.29, 1.82) is 5.26 Å². The van der Waals surface area contributed by atoms with Gasteiger partial charge in [0.25, 0.3) is 5.91 Å². The van der Waals surface area contributed by atoms with Gasteiger partial charge >= 0.3 is 0 Å². The number of pyridine rings is 1. The van der Waals surface area contributed by atoms with Crippen LogP contribution in [0.2, 0.25) is 0 Å². The molecule has 0 saturated carbocycles. The zero-order chi connectivity index (χ0) is 21.4. The van der Waals surface area contributed by atoms with E-state index in [2.05, 4.69) is 23.3 Å². The number of aryl methyl sites for hydroxylation is 1. The normalized spacial score (nSPS) is 17.5. The highest BCUT2D eigenvalue weighted by Crippen LogP contribution is 2.24. The Kier molecular flexibility index (Phi) is 5.15. The molecule has 0 saturated heterocycles. The summed E-state index contributed by atoms with van der Waals surface area (Å²) in [5.74, 6) is -0.0703. The number of carbonyl (C=O) groups excluding carboxylic acids is 1. The van der Waals surface area contributed by atoms with Crippen molar-refractivity contribution in [3.8, 4) is 17.3 Å². The molecule has 3 heterocycles. The number of nitrogens with one attached hydrogen (secondary N) is 2. The van der Waals surface area contributed by atoms with Gasteiger partial charge in [0.15, 0.2) is 0 Å². The number of amides is 1. The smallest absolute Gasteiger partial charge is 0.263 e. The summed E-state index contributed by atoms with van der Waals surface area (Å²) in [4.78, 5) is 18.1. The Morgan fingerprint density at radius 3 is 2.87 bits per heavy atom. The SMILES string of the molecule is C=c1sc2c(/c1=c1\ccc(-c3cc(C)cc(C#N)c3)n\c1=C\C)NC[C@@H](C)NC2=O. The van der Waals surface area contributed by atoms with Gasteiger partial charge in [-0.3, -0.25) is 4.79 Å². The second-order valence-corrected chi connectivity index (χ2v) is 8.58. The van der Waals surface area contributed by atoms with Gasteiger partial charge in [0.05, 0.1) is 28.4 Å². The van der Waals surface area contributed by atoms with Crippen LogP contribution in [0.15, 0.2) is 30.3 Å². The van der Waals surface area contributed by atoms with Crippen LogP contribution >= 0.6 is 11.3 Å². The molecule has 2 N–H and O–H groups in total. The van der Waals surface area contributed by atoms with E-state index in [1.54, 1.807) is 0 Å². The third kappa shape index (κ3) is 3.49. The Morgan fingerprint density at radius 2 is 2.13 bits per heavy atom. The van der Waals surface area contributed by atoms with Crippen LogP contribution in [0, 0.1) is 28.7 Å². The molecule has 1 aliphatic rings. The predicted octanol–water partition coefficient (Wildman–Crippen LogP) is 3.03. The highest BCUT2D eigenvalue weighted by molar-refractivity contribution is 7.12. The van der Waals surface area contributed by atoms with Gasteiger partial charge in [-0.2, -0.15) is 5.26 Å². The molecule has 2 aromatic heterocycles. The van der Waals surface area contributed by atoms with Crippen molar-refractivity contribution in [3.63, 3.8) is 0 Å². The summed E-state index contributed by atoms with van der Waals surface area (Å²) in [6.45, 7) is 10.7. The molecule has 3 aromatic rings. The lowest BCUT2D eigenvalue weighted by Crippen LogP contribution is -2.34. The average Bonchev–Trinajstić information content (AvgIpc) is 3.00. The lowest BCUT2D eigenvalue weighted by atomic mass is 10.0. The van der Waals surface area contributed by atoms with Gasteiger partial charge in [-0.15, -0.1) is 11.3 Å². The van der Waals surface area contributed by atoms with Gasteiger partial charge in [0, 0.05) is 33.1 Å². The second-order valence-electron chi connectivity index (χ2n) is 7.48. The van der Waals surface area contributed by atoms with E-state index < -0.39 is 0 Å². The second kappa shape index (κ2) is 7.77. The first-order chi connectivity index (χ1) is 14.4. The molecule has 0 aliphatic carbocycles. The molecule has 0 spiro atoms. The van der Waals surface area contributed by atoms with Crippen LogP contribution in [0.5, 0.6) is 0 Å². The number of benzene rings is 1. The molecule has 0 bridgehead atoms. The molecule has 1 amide bonds. The summed E-state index contributed by atoms with van der Waals surface area (Å²) in [6.07, 6.45) is 1.96. The summed E-state index contributed by atoms with van der Waals surface area (Å²) in [7, 11) is 0. The van der Waals surface area contributed by atoms with E-state index in [0.717, 1.165) is 42.8 Å². The third-order valence-corrected chi connectivity index (χ3v) is 6.16. The van der Waals surface area contributed by atoms with Crippen LogP contribution < -0.4 is 20.5 Å². The van der Waals surface area contributed by atoms with Gasteiger partial charge < -0.3 is 10.6 Å². The quantitative estimate of drug-likeness (QED) is 0.642. The van der Waals surface area contributed by atoms with E-state index in [0.29, 0.717) is 17.0 Å². The third-order valence-electron chi connectivity index (χ3n) is 5.12. The Bertz CT molecular complexity index is 1420. The van der Waals surface area contributed by atoms with E-state index in [9.17, 15) is 10.1 Å². The van der Waals surface area contributed by atoms with Crippen molar-refractivity contribution in [2.45, 2.75) is 26.8 Å². The summed E-state index contributed by atoms with van der Waals surface area (Å²) in [6, 6.07) is 12.0. The fraction of sp³-hybridized carbons (Fsp3) is 0.208. The number of aromatic nitrogens is 1. The van der Waals surface area contributed by atoms with Gasteiger partial charge in [0.2, 0.25) is 0 Å². The summed E-state index contributed by atoms with van der Waals surface area (Å²) < 4.78 is 0.831. The molecular weight excluding hydrogens is 392 g/mol. The maximum Gasteiger partial charge on any atom is 0.263 e. The van der Waals surface area contributed by atoms with Crippen LogP contribution in [0.1, 0.15) is 34.6 Å². The molecule has 30 heavy (non-hydrogen) atoms. The minimum atomic E-state index is -0.0703. The first-order valence-corrected chi connectivity index (χ1v) is 10.6. The molecule has 4 rings (SSSR count). The molecule has 5 nitrogen and oxygen atoms in total. The molecule has 1 aliphatic heterocycles. The minimum absolute atomic E-state index is 0.0478. The number of carbonyl (C=O) groups is 1. The first-order valence-electron chi connectivity index (χ1n) is 9.77. The molecular formula is C24H22N4OS. The van der Waals surface area contributed by atoms with E-state index in [-0.39, 0.29) is 11.9 Å². The van der Waals surface area contributed by atoms with Crippen molar-refractivity contribution in [2.75, 3.05) is 11.9 Å². The van der Waals surface area contributed by atoms with E-state index in [1.165, 1.54) is 11.3 Å². The van der Waals surface area contributed by atoms with Crippen molar-refractivity contribution in [2.24, 2.45) is 0 Å². The van der Waals surface area contributed by atoms with Crippen molar-refractivity contribution >= 4 is 35.6 Å². The van der Waals surface area contributed by atoms with E-state index in [4.69, 9.17) is 4.98 Å². The standard InChI is InChI=1S/C24H22N4OS/c1-5-19-18(6-7-20(28-19)17-9-13(2)8-16(10-17)11-25)21-15(4)30-23-22(21)26-12-14(3)27-24(23)29/h5-10,14,26H,4,12H2,1-3H3,(H,27,29)/b19-5+,21-18+/t14-/m1/s1. The number of hydrogen-bond donors (Lipinski definition) is 2. The molecule has 1 atom stereocenters. The predicted molar refractivity (Wildman–Crippen MR) is 121 cm³/mol. The number of anilines is 1. The zero-order valence-electron chi connectivity index (χ0n) is 17.2. The first kappa shape index (κ1) is 19.9. The molecule has 150 valence electrons. The Hall–Kier alpha value is -3.43. The molecule has 6 heteroatoms. The van der Waals surface area contributed by atoms with Crippen LogP contribution in [-0.4, -0.2) is 23.5 Å². The fourth-order valence-electron chi connectivity index (χ4n) is 3.75. The monoisotopic (exact) mass is 414 g/mol. The molecule has 1 aromatic carbocycles. The average molecular weight is 415 g/mol. The summed E-state index contributed by atoms with van der Waals surface area (Å²) in [5.41, 5.74) is 4.17. The van der Waals surface area contributed by atoms with Gasteiger partial charge in [-0.1, -0.05) is 12.7 Å². The Labute approximate surface area is 178 Å². The summed E-state index contributed by atoms with van der Waals surface area (Å²) in [5, 5.41) is 18.4. The number of hydrogen-bond acceptors (Lipinski definition) is 5. The highest BCUT2D eigenvalue weighted by atomic mass is 32.1. The topological polar surface area (TPSA) is 77.8 Å². The number of fused-ring (bicyclic) bond motifs is 1. The van der Waals surface area contributed by atoms with E-state index in [1.807, 2.05) is 57.2 Å². The molecule has 0 unspecified atom stereocenters. The maximum atomic E-state index is 12.6. The number of nitriles is 1. The maximum absolute atomic E-state index is 12.6. The summed E-state index contributed by atoms with van der Waals surface area (Å²) >= 11 is 1.40. The zero-order valence-corrected chi connectivity index (χ0v) is 18.0.